The molecule has 1 aliphatic carbocycles. The van der Waals surface area contributed by atoms with Crippen LogP contribution < -0.4 is 0 Å². The van der Waals surface area contributed by atoms with E-state index < -0.39 is 11.0 Å². The van der Waals surface area contributed by atoms with Crippen LogP contribution in [0.1, 0.15) is 65.1 Å². The lowest BCUT2D eigenvalue weighted by Gasteiger charge is -2.27. The zero-order valence-corrected chi connectivity index (χ0v) is 17.5. The Kier molecular flexibility index (Phi) is 4.22. The first kappa shape index (κ1) is 19.0. The molecule has 2 saturated heterocycles. The summed E-state index contributed by atoms with van der Waals surface area (Å²) in [5, 5.41) is 0. The maximum atomic E-state index is 13.6. The quantitative estimate of drug-likeness (QED) is 0.716. The number of hydrogen-bond acceptors (Lipinski definition) is 5. The fourth-order valence-electron chi connectivity index (χ4n) is 5.66. The first-order chi connectivity index (χ1) is 15.1. The molecule has 31 heavy (non-hydrogen) atoms. The molecule has 4 aliphatic rings. The second kappa shape index (κ2) is 6.89. The second-order valence-corrected chi connectivity index (χ2v) is 9.37. The van der Waals surface area contributed by atoms with Crippen LogP contribution in [-0.2, 0) is 25.3 Å². The van der Waals surface area contributed by atoms with Crippen LogP contribution in [0, 0.1) is 0 Å². The van der Waals surface area contributed by atoms with Crippen molar-refractivity contribution in [2.24, 2.45) is 0 Å². The van der Waals surface area contributed by atoms with Crippen LogP contribution in [0.5, 0.6) is 0 Å². The van der Waals surface area contributed by atoms with Crippen molar-refractivity contribution in [2.75, 3.05) is 26.3 Å². The summed E-state index contributed by atoms with van der Waals surface area (Å²) < 4.78 is 11.3. The lowest BCUT2D eigenvalue weighted by molar-refractivity contribution is -0.134. The molecule has 6 heteroatoms. The number of esters is 1. The first-order valence-corrected chi connectivity index (χ1v) is 11.3. The van der Waals surface area contributed by atoms with E-state index in [9.17, 15) is 9.59 Å². The third-order valence-corrected chi connectivity index (χ3v) is 7.65. The van der Waals surface area contributed by atoms with Crippen LogP contribution in [-0.4, -0.2) is 48.1 Å². The van der Waals surface area contributed by atoms with Gasteiger partial charge in [-0.3, -0.25) is 9.78 Å². The van der Waals surface area contributed by atoms with E-state index in [2.05, 4.69) is 29.2 Å². The molecule has 6 rings (SSSR count). The molecule has 2 aromatic rings. The maximum absolute atomic E-state index is 13.6. The molecule has 1 aromatic heterocycles. The molecular weight excluding hydrogens is 392 g/mol. The van der Waals surface area contributed by atoms with E-state index in [1.807, 2.05) is 11.0 Å². The number of rotatable bonds is 3. The smallest absolute Gasteiger partial charge is 0.341 e. The molecule has 1 amide bonds. The Morgan fingerprint density at radius 2 is 1.84 bits per heavy atom. The minimum Gasteiger partial charge on any atom is -0.449 e. The third kappa shape index (κ3) is 2.92. The zero-order valence-electron chi connectivity index (χ0n) is 17.5. The van der Waals surface area contributed by atoms with E-state index in [0.717, 1.165) is 50.0 Å². The number of fused-ring (bicyclic) bond motifs is 2. The van der Waals surface area contributed by atoms with Gasteiger partial charge in [0.05, 0.1) is 17.5 Å². The highest BCUT2D eigenvalue weighted by molar-refractivity contribution is 5.95. The Morgan fingerprint density at radius 1 is 1.06 bits per heavy atom. The van der Waals surface area contributed by atoms with Crippen LogP contribution in [0.15, 0.2) is 42.7 Å². The number of amides is 1. The van der Waals surface area contributed by atoms with Crippen molar-refractivity contribution in [1.29, 1.82) is 0 Å². The van der Waals surface area contributed by atoms with E-state index in [1.54, 1.807) is 12.4 Å². The van der Waals surface area contributed by atoms with Crippen molar-refractivity contribution in [3.05, 3.63) is 65.0 Å². The average Bonchev–Trinajstić information content (AvgIpc) is 3.46. The van der Waals surface area contributed by atoms with Crippen molar-refractivity contribution in [3.63, 3.8) is 0 Å². The molecule has 1 aromatic carbocycles. The molecule has 160 valence electrons. The predicted octanol–water partition coefficient (Wildman–Crippen LogP) is 3.31. The highest BCUT2D eigenvalue weighted by Gasteiger charge is 2.57. The molecule has 0 N–H and O–H groups in total. The Labute approximate surface area is 181 Å². The highest BCUT2D eigenvalue weighted by Crippen LogP contribution is 2.52. The molecule has 4 heterocycles. The Morgan fingerprint density at radius 3 is 2.58 bits per heavy atom. The molecule has 3 aliphatic heterocycles. The number of carbonyl (C=O) groups excluding carboxylic acids is 2. The number of nitrogens with zero attached hydrogens (tertiary/aromatic N) is 2. The van der Waals surface area contributed by atoms with Crippen molar-refractivity contribution in [1.82, 2.24) is 9.88 Å². The van der Waals surface area contributed by atoms with E-state index in [1.165, 1.54) is 5.56 Å². The molecule has 1 unspecified atom stereocenters. The summed E-state index contributed by atoms with van der Waals surface area (Å²) in [6.45, 7) is 2.69. The van der Waals surface area contributed by atoms with Crippen molar-refractivity contribution >= 4 is 11.9 Å². The average molecular weight is 418 g/mol. The lowest BCUT2D eigenvalue weighted by atomic mass is 9.88. The summed E-state index contributed by atoms with van der Waals surface area (Å²) in [7, 11) is 0. The van der Waals surface area contributed by atoms with Gasteiger partial charge in [0.25, 0.3) is 0 Å². The SMILES string of the molecule is O=C1OC2(CCN(C(=O)C3(c4ccc(C5CCOCC5)cc4)CC3)C2)c2ccncc21. The lowest BCUT2D eigenvalue weighted by Crippen LogP contribution is -2.40. The molecular formula is C25H26N2O4. The van der Waals surface area contributed by atoms with Gasteiger partial charge in [-0.25, -0.2) is 4.79 Å². The van der Waals surface area contributed by atoms with Crippen LogP contribution in [0.4, 0.5) is 0 Å². The number of carbonyl (C=O) groups is 2. The first-order valence-electron chi connectivity index (χ1n) is 11.3. The van der Waals surface area contributed by atoms with Gasteiger partial charge < -0.3 is 14.4 Å². The summed E-state index contributed by atoms with van der Waals surface area (Å²) >= 11 is 0. The van der Waals surface area contributed by atoms with Gasteiger partial charge in [0, 0.05) is 44.1 Å². The largest absolute Gasteiger partial charge is 0.449 e. The molecule has 1 saturated carbocycles. The van der Waals surface area contributed by atoms with Crippen molar-refractivity contribution in [3.8, 4) is 0 Å². The summed E-state index contributed by atoms with van der Waals surface area (Å²) in [6, 6.07) is 10.6. The second-order valence-electron chi connectivity index (χ2n) is 9.37. The molecule has 3 fully saturated rings. The normalized spacial score (nSPS) is 26.7. The maximum Gasteiger partial charge on any atom is 0.341 e. The van der Waals surface area contributed by atoms with Gasteiger partial charge in [0.2, 0.25) is 5.91 Å². The summed E-state index contributed by atoms with van der Waals surface area (Å²) in [4.78, 5) is 31.9. The molecule has 1 spiro atoms. The number of pyridine rings is 1. The van der Waals surface area contributed by atoms with Crippen LogP contribution in [0.2, 0.25) is 0 Å². The number of ether oxygens (including phenoxy) is 2. The van der Waals surface area contributed by atoms with Gasteiger partial charge in [0.1, 0.15) is 0 Å². The number of likely N-dealkylation sites (tertiary alicyclic amines) is 1. The van der Waals surface area contributed by atoms with Gasteiger partial charge in [-0.15, -0.1) is 0 Å². The van der Waals surface area contributed by atoms with E-state index in [4.69, 9.17) is 9.47 Å². The van der Waals surface area contributed by atoms with Gasteiger partial charge >= 0.3 is 5.97 Å². The molecule has 0 radical (unpaired) electrons. The zero-order chi connectivity index (χ0) is 21.1. The van der Waals surface area contributed by atoms with E-state index >= 15 is 0 Å². The monoisotopic (exact) mass is 418 g/mol. The topological polar surface area (TPSA) is 68.7 Å². The molecule has 1 atom stereocenters. The Balaban J connectivity index is 1.21. The Hall–Kier alpha value is -2.73. The fraction of sp³-hybridized carbons (Fsp3) is 0.480. The summed E-state index contributed by atoms with van der Waals surface area (Å²) in [6.07, 6.45) is 7.79. The number of hydrogen-bond donors (Lipinski definition) is 0. The summed E-state index contributed by atoms with van der Waals surface area (Å²) in [5.41, 5.74) is 2.73. The Bertz CT molecular complexity index is 1040. The van der Waals surface area contributed by atoms with Crippen molar-refractivity contribution < 1.29 is 19.1 Å². The van der Waals surface area contributed by atoms with Gasteiger partial charge in [-0.1, -0.05) is 24.3 Å². The van der Waals surface area contributed by atoms with Crippen molar-refractivity contribution in [2.45, 2.75) is 49.0 Å². The number of aromatic nitrogens is 1. The molecule has 0 bridgehead atoms. The fourth-order valence-corrected chi connectivity index (χ4v) is 5.66. The van der Waals surface area contributed by atoms with Gasteiger partial charge in [-0.05, 0) is 48.8 Å². The minimum atomic E-state index is -0.714. The minimum absolute atomic E-state index is 0.168. The standard InChI is InChI=1S/C25H26N2O4/c28-22-20-15-26-11-5-21(20)25(31-22)10-12-27(16-25)23(29)24(8-9-24)19-3-1-17(2-4-19)18-6-13-30-14-7-18/h1-5,11,15,18H,6-10,12-14,16H2. The van der Waals surface area contributed by atoms with Crippen LogP contribution in [0.3, 0.4) is 0 Å². The predicted molar refractivity (Wildman–Crippen MR) is 113 cm³/mol. The molecule has 6 nitrogen and oxygen atoms in total. The van der Waals surface area contributed by atoms with Crippen LogP contribution in [0.25, 0.3) is 0 Å². The highest BCUT2D eigenvalue weighted by atomic mass is 16.6. The number of benzene rings is 1. The van der Waals surface area contributed by atoms with Gasteiger partial charge in [-0.2, -0.15) is 0 Å². The van der Waals surface area contributed by atoms with Gasteiger partial charge in [0.15, 0.2) is 5.60 Å². The van der Waals surface area contributed by atoms with E-state index in [0.29, 0.717) is 31.0 Å². The van der Waals surface area contributed by atoms with E-state index in [-0.39, 0.29) is 11.9 Å². The third-order valence-electron chi connectivity index (χ3n) is 7.65. The summed E-state index contributed by atoms with van der Waals surface area (Å²) in [5.74, 6) is 0.391. The van der Waals surface area contributed by atoms with Crippen LogP contribution >= 0.6 is 0 Å².